The van der Waals surface area contributed by atoms with Crippen LogP contribution in [0, 0.1) is 0 Å². The highest BCUT2D eigenvalue weighted by atomic mass is 32.1. The Morgan fingerprint density at radius 2 is 2.20 bits per heavy atom. The topological polar surface area (TPSA) is 95.6 Å². The van der Waals surface area contributed by atoms with Gasteiger partial charge in [0.25, 0.3) is 5.91 Å². The van der Waals surface area contributed by atoms with Crippen LogP contribution in [0.3, 0.4) is 0 Å². The summed E-state index contributed by atoms with van der Waals surface area (Å²) in [6.45, 7) is 0.885. The van der Waals surface area contributed by atoms with Crippen LogP contribution in [0.2, 0.25) is 0 Å². The zero-order valence-electron chi connectivity index (χ0n) is 8.36. The second-order valence-corrected chi connectivity index (χ2v) is 4.45. The van der Waals surface area contributed by atoms with Crippen molar-refractivity contribution < 1.29 is 15.0 Å². The first-order chi connectivity index (χ1) is 7.02. The van der Waals surface area contributed by atoms with Crippen LogP contribution in [-0.4, -0.2) is 34.9 Å². The van der Waals surface area contributed by atoms with E-state index in [0.717, 1.165) is 0 Å². The Hall–Kier alpha value is -1.11. The zero-order valence-corrected chi connectivity index (χ0v) is 9.17. The van der Waals surface area contributed by atoms with Crippen LogP contribution in [0.25, 0.3) is 0 Å². The van der Waals surface area contributed by atoms with Crippen molar-refractivity contribution in [2.45, 2.75) is 12.5 Å². The van der Waals surface area contributed by atoms with E-state index in [1.807, 2.05) is 0 Å². The Morgan fingerprint density at radius 3 is 2.60 bits per heavy atom. The molecular formula is C9H14N2O3S. The number of nitrogens with one attached hydrogen (secondary N) is 1. The van der Waals surface area contributed by atoms with E-state index < -0.39 is 5.54 Å². The van der Waals surface area contributed by atoms with Gasteiger partial charge in [0.15, 0.2) is 0 Å². The first kappa shape index (κ1) is 12.0. The van der Waals surface area contributed by atoms with Gasteiger partial charge in [-0.1, -0.05) is 0 Å². The molecular weight excluding hydrogens is 216 g/mol. The lowest BCUT2D eigenvalue weighted by atomic mass is 10.1. The van der Waals surface area contributed by atoms with Gasteiger partial charge in [-0.25, -0.2) is 0 Å². The van der Waals surface area contributed by atoms with E-state index in [2.05, 4.69) is 5.32 Å². The summed E-state index contributed by atoms with van der Waals surface area (Å²) < 4.78 is 0. The summed E-state index contributed by atoms with van der Waals surface area (Å²) in [6.07, 6.45) is 0. The molecule has 1 heterocycles. The van der Waals surface area contributed by atoms with Gasteiger partial charge in [-0.3, -0.25) is 4.79 Å². The van der Waals surface area contributed by atoms with Crippen molar-refractivity contribution in [3.05, 3.63) is 16.3 Å². The highest BCUT2D eigenvalue weighted by Gasteiger charge is 2.26. The predicted molar refractivity (Wildman–Crippen MR) is 58.8 cm³/mol. The van der Waals surface area contributed by atoms with Crippen LogP contribution in [-0.2, 0) is 0 Å². The van der Waals surface area contributed by atoms with Gasteiger partial charge in [0.1, 0.15) is 4.88 Å². The number of thiophene rings is 1. The molecule has 1 aromatic rings. The number of carbonyl (C=O) groups excluding carboxylic acids is 1. The average Bonchev–Trinajstić information content (AvgIpc) is 2.64. The van der Waals surface area contributed by atoms with Gasteiger partial charge in [0.05, 0.1) is 24.4 Å². The Kier molecular flexibility index (Phi) is 3.67. The third-order valence-electron chi connectivity index (χ3n) is 2.02. The van der Waals surface area contributed by atoms with E-state index >= 15 is 0 Å². The summed E-state index contributed by atoms with van der Waals surface area (Å²) in [5.74, 6) is -0.381. The number of nitrogen functional groups attached to an aromatic ring is 1. The molecule has 0 aliphatic carbocycles. The number of aliphatic hydroxyl groups is 2. The van der Waals surface area contributed by atoms with E-state index in [1.165, 1.54) is 11.3 Å². The monoisotopic (exact) mass is 230 g/mol. The molecule has 15 heavy (non-hydrogen) atoms. The number of rotatable bonds is 4. The Bertz CT molecular complexity index is 347. The number of anilines is 1. The summed E-state index contributed by atoms with van der Waals surface area (Å²) >= 11 is 1.22. The van der Waals surface area contributed by atoms with E-state index in [1.54, 1.807) is 18.4 Å². The molecule has 5 N–H and O–H groups in total. The van der Waals surface area contributed by atoms with Gasteiger partial charge in [0.2, 0.25) is 0 Å². The lowest BCUT2D eigenvalue weighted by Crippen LogP contribution is -2.51. The van der Waals surface area contributed by atoms with Crippen molar-refractivity contribution >= 4 is 22.9 Å². The van der Waals surface area contributed by atoms with Crippen LogP contribution >= 0.6 is 11.3 Å². The van der Waals surface area contributed by atoms with E-state index in [9.17, 15) is 4.79 Å². The van der Waals surface area contributed by atoms with Gasteiger partial charge in [0, 0.05) is 0 Å². The van der Waals surface area contributed by atoms with Crippen LogP contribution in [0.5, 0.6) is 0 Å². The molecule has 0 radical (unpaired) electrons. The number of hydrogen-bond donors (Lipinski definition) is 4. The molecule has 0 saturated heterocycles. The largest absolute Gasteiger partial charge is 0.397 e. The SMILES string of the molecule is CC(CO)(CO)NC(=O)c1sccc1N. The predicted octanol–water partition coefficient (Wildman–Crippen LogP) is -0.197. The molecule has 0 aliphatic heterocycles. The molecule has 0 aliphatic rings. The van der Waals surface area contributed by atoms with Gasteiger partial charge >= 0.3 is 0 Å². The van der Waals surface area contributed by atoms with E-state index in [-0.39, 0.29) is 19.1 Å². The third kappa shape index (κ3) is 2.68. The number of carbonyl (C=O) groups is 1. The molecule has 6 heteroatoms. The van der Waals surface area contributed by atoms with Crippen molar-refractivity contribution in [2.75, 3.05) is 18.9 Å². The number of hydrogen-bond acceptors (Lipinski definition) is 5. The van der Waals surface area contributed by atoms with Gasteiger partial charge in [-0.05, 0) is 18.4 Å². The first-order valence-corrected chi connectivity index (χ1v) is 5.27. The molecule has 0 fully saturated rings. The molecule has 1 aromatic heterocycles. The summed E-state index contributed by atoms with van der Waals surface area (Å²) in [5, 5.41) is 22.2. The highest BCUT2D eigenvalue weighted by Crippen LogP contribution is 2.19. The quantitative estimate of drug-likeness (QED) is 0.576. The maximum atomic E-state index is 11.7. The summed E-state index contributed by atoms with van der Waals surface area (Å²) in [5.41, 5.74) is 4.95. The Labute approximate surface area is 91.5 Å². The minimum atomic E-state index is -1.02. The van der Waals surface area contributed by atoms with Gasteiger partial charge in [-0.15, -0.1) is 11.3 Å². The second-order valence-electron chi connectivity index (χ2n) is 3.54. The second kappa shape index (κ2) is 4.61. The Morgan fingerprint density at radius 1 is 1.60 bits per heavy atom. The number of amides is 1. The molecule has 0 atom stereocenters. The lowest BCUT2D eigenvalue weighted by molar-refractivity contribution is 0.0728. The average molecular weight is 230 g/mol. The molecule has 0 saturated carbocycles. The molecule has 0 unspecified atom stereocenters. The number of nitrogens with two attached hydrogens (primary N) is 1. The fraction of sp³-hybridized carbons (Fsp3) is 0.444. The third-order valence-corrected chi connectivity index (χ3v) is 2.94. The van der Waals surface area contributed by atoms with Crippen LogP contribution < -0.4 is 11.1 Å². The van der Waals surface area contributed by atoms with Gasteiger partial charge < -0.3 is 21.3 Å². The number of aliphatic hydroxyl groups excluding tert-OH is 2. The maximum absolute atomic E-state index is 11.7. The lowest BCUT2D eigenvalue weighted by Gasteiger charge is -2.25. The molecule has 0 aromatic carbocycles. The summed E-state index contributed by atoms with van der Waals surface area (Å²) in [6, 6.07) is 1.63. The molecule has 5 nitrogen and oxygen atoms in total. The van der Waals surface area contributed by atoms with Crippen LogP contribution in [0.15, 0.2) is 11.4 Å². The van der Waals surface area contributed by atoms with Crippen molar-refractivity contribution in [3.8, 4) is 0 Å². The molecule has 0 spiro atoms. The van der Waals surface area contributed by atoms with E-state index in [0.29, 0.717) is 10.6 Å². The zero-order chi connectivity index (χ0) is 11.5. The van der Waals surface area contributed by atoms with Crippen molar-refractivity contribution in [3.63, 3.8) is 0 Å². The highest BCUT2D eigenvalue weighted by molar-refractivity contribution is 7.12. The minimum absolute atomic E-state index is 0.333. The minimum Gasteiger partial charge on any atom is -0.397 e. The normalized spacial score (nSPS) is 11.4. The van der Waals surface area contributed by atoms with Crippen molar-refractivity contribution in [1.29, 1.82) is 0 Å². The molecule has 1 rings (SSSR count). The maximum Gasteiger partial charge on any atom is 0.264 e. The fourth-order valence-corrected chi connectivity index (χ4v) is 1.68. The smallest absolute Gasteiger partial charge is 0.264 e. The first-order valence-electron chi connectivity index (χ1n) is 4.39. The van der Waals surface area contributed by atoms with Crippen LogP contribution in [0.4, 0.5) is 5.69 Å². The summed E-state index contributed by atoms with van der Waals surface area (Å²) in [7, 11) is 0. The van der Waals surface area contributed by atoms with E-state index in [4.69, 9.17) is 15.9 Å². The fourth-order valence-electron chi connectivity index (χ4n) is 0.964. The van der Waals surface area contributed by atoms with Crippen molar-refractivity contribution in [2.24, 2.45) is 0 Å². The standard InChI is InChI=1S/C9H14N2O3S/c1-9(4-12,5-13)11-8(14)7-6(10)2-3-15-7/h2-3,12-13H,4-5,10H2,1H3,(H,11,14). The molecule has 0 bridgehead atoms. The molecule has 1 amide bonds. The van der Waals surface area contributed by atoms with Gasteiger partial charge in [-0.2, -0.15) is 0 Å². The Balaban J connectivity index is 2.76. The van der Waals surface area contributed by atoms with Crippen LogP contribution in [0.1, 0.15) is 16.6 Å². The van der Waals surface area contributed by atoms with Crippen molar-refractivity contribution in [1.82, 2.24) is 5.32 Å². The molecule has 84 valence electrons. The summed E-state index contributed by atoms with van der Waals surface area (Å²) in [4.78, 5) is 12.0.